The molecule has 0 aromatic heterocycles. The molecule has 3 rings (SSSR count). The van der Waals surface area contributed by atoms with Crippen LogP contribution in [0.5, 0.6) is 0 Å². The molecule has 0 unspecified atom stereocenters. The van der Waals surface area contributed by atoms with Crippen LogP contribution in [0.4, 0.5) is 4.79 Å². The predicted octanol–water partition coefficient (Wildman–Crippen LogP) is 3.54. The van der Waals surface area contributed by atoms with E-state index in [4.69, 9.17) is 0 Å². The van der Waals surface area contributed by atoms with Crippen molar-refractivity contribution in [3.63, 3.8) is 0 Å². The monoisotopic (exact) mass is 349 g/mol. The number of nitrogens with one attached hydrogen (secondary N) is 1. The third kappa shape index (κ3) is 5.46. The lowest BCUT2D eigenvalue weighted by Gasteiger charge is -2.34. The molecule has 0 atom stereocenters. The van der Waals surface area contributed by atoms with Crippen molar-refractivity contribution in [2.45, 2.75) is 13.5 Å². The van der Waals surface area contributed by atoms with Gasteiger partial charge in [0.25, 0.3) is 0 Å². The summed E-state index contributed by atoms with van der Waals surface area (Å²) in [4.78, 5) is 16.6. The van der Waals surface area contributed by atoms with Gasteiger partial charge in [-0.25, -0.2) is 4.79 Å². The first-order valence-electron chi connectivity index (χ1n) is 9.23. The SMILES string of the molecule is Cc1cccc(CNC(=O)N2CCN(CC=Cc3ccccc3)CC2)c1. The van der Waals surface area contributed by atoms with Gasteiger partial charge in [0.05, 0.1) is 0 Å². The fourth-order valence-electron chi connectivity index (χ4n) is 3.15. The largest absolute Gasteiger partial charge is 0.334 e. The molecule has 4 heteroatoms. The highest BCUT2D eigenvalue weighted by Gasteiger charge is 2.19. The fraction of sp³-hybridized carbons (Fsp3) is 0.318. The Hall–Kier alpha value is -2.59. The quantitative estimate of drug-likeness (QED) is 0.896. The Morgan fingerprint density at radius 1 is 1.04 bits per heavy atom. The van der Waals surface area contributed by atoms with E-state index in [9.17, 15) is 4.79 Å². The Kier molecular flexibility index (Phi) is 6.45. The second-order valence-electron chi connectivity index (χ2n) is 6.75. The highest BCUT2D eigenvalue weighted by molar-refractivity contribution is 5.74. The van der Waals surface area contributed by atoms with Gasteiger partial charge in [0.1, 0.15) is 0 Å². The number of carbonyl (C=O) groups is 1. The van der Waals surface area contributed by atoms with E-state index in [2.05, 4.69) is 53.6 Å². The fourth-order valence-corrected chi connectivity index (χ4v) is 3.15. The highest BCUT2D eigenvalue weighted by atomic mass is 16.2. The van der Waals surface area contributed by atoms with Crippen LogP contribution in [-0.2, 0) is 6.54 Å². The van der Waals surface area contributed by atoms with E-state index in [0.29, 0.717) is 6.54 Å². The molecule has 0 bridgehead atoms. The van der Waals surface area contributed by atoms with Crippen molar-refractivity contribution in [2.24, 2.45) is 0 Å². The van der Waals surface area contributed by atoms with Crippen molar-refractivity contribution in [1.82, 2.24) is 15.1 Å². The molecule has 1 saturated heterocycles. The number of carbonyl (C=O) groups excluding carboxylic acids is 1. The molecule has 1 heterocycles. The zero-order valence-electron chi connectivity index (χ0n) is 15.4. The molecule has 1 aliphatic heterocycles. The summed E-state index contributed by atoms with van der Waals surface area (Å²) in [6, 6.07) is 18.6. The number of rotatable bonds is 5. The molecule has 4 nitrogen and oxygen atoms in total. The molecule has 0 aliphatic carbocycles. The summed E-state index contributed by atoms with van der Waals surface area (Å²) in [7, 11) is 0. The van der Waals surface area contributed by atoms with E-state index < -0.39 is 0 Å². The minimum Gasteiger partial charge on any atom is -0.334 e. The molecule has 0 radical (unpaired) electrons. The summed E-state index contributed by atoms with van der Waals surface area (Å²) in [5.41, 5.74) is 3.58. The van der Waals surface area contributed by atoms with Crippen molar-refractivity contribution in [2.75, 3.05) is 32.7 Å². The van der Waals surface area contributed by atoms with E-state index in [0.717, 1.165) is 38.3 Å². The van der Waals surface area contributed by atoms with Gasteiger partial charge in [-0.05, 0) is 18.1 Å². The third-order valence-electron chi connectivity index (χ3n) is 4.66. The number of nitrogens with zero attached hydrogens (tertiary/aromatic N) is 2. The standard InChI is InChI=1S/C22H27N3O/c1-19-7-5-10-21(17-19)18-23-22(26)25-15-13-24(14-16-25)12-6-11-20-8-3-2-4-9-20/h2-11,17H,12-16,18H2,1H3,(H,23,26). The molecular formula is C22H27N3O. The van der Waals surface area contributed by atoms with Crippen LogP contribution in [0.25, 0.3) is 6.08 Å². The number of hydrogen-bond donors (Lipinski definition) is 1. The molecule has 1 N–H and O–H groups in total. The van der Waals surface area contributed by atoms with E-state index in [1.807, 2.05) is 35.2 Å². The number of amides is 2. The molecule has 0 saturated carbocycles. The van der Waals surface area contributed by atoms with Gasteiger partial charge < -0.3 is 10.2 Å². The van der Waals surface area contributed by atoms with Crippen molar-refractivity contribution >= 4 is 12.1 Å². The topological polar surface area (TPSA) is 35.6 Å². The van der Waals surface area contributed by atoms with Crippen LogP contribution in [0.15, 0.2) is 60.7 Å². The van der Waals surface area contributed by atoms with E-state index >= 15 is 0 Å². The Bertz CT molecular complexity index is 734. The average Bonchev–Trinajstić information content (AvgIpc) is 2.68. The minimum atomic E-state index is 0.0333. The van der Waals surface area contributed by atoms with Gasteiger partial charge in [0.2, 0.25) is 0 Å². The van der Waals surface area contributed by atoms with Crippen LogP contribution in [0, 0.1) is 6.92 Å². The van der Waals surface area contributed by atoms with Crippen molar-refractivity contribution in [1.29, 1.82) is 0 Å². The number of benzene rings is 2. The summed E-state index contributed by atoms with van der Waals surface area (Å²) in [6.45, 7) is 6.95. The van der Waals surface area contributed by atoms with Crippen LogP contribution in [0.1, 0.15) is 16.7 Å². The van der Waals surface area contributed by atoms with Crippen LogP contribution in [-0.4, -0.2) is 48.6 Å². The minimum absolute atomic E-state index is 0.0333. The van der Waals surface area contributed by atoms with Gasteiger partial charge >= 0.3 is 6.03 Å². The smallest absolute Gasteiger partial charge is 0.317 e. The molecule has 26 heavy (non-hydrogen) atoms. The first kappa shape index (κ1) is 18.2. The second kappa shape index (κ2) is 9.20. The van der Waals surface area contributed by atoms with Gasteiger partial charge in [0, 0.05) is 39.3 Å². The normalized spacial score (nSPS) is 15.3. The lowest BCUT2D eigenvalue weighted by molar-refractivity contribution is 0.146. The van der Waals surface area contributed by atoms with E-state index in [1.54, 1.807) is 0 Å². The zero-order chi connectivity index (χ0) is 18.2. The summed E-state index contributed by atoms with van der Waals surface area (Å²) in [5.74, 6) is 0. The molecule has 1 fully saturated rings. The summed E-state index contributed by atoms with van der Waals surface area (Å²) >= 11 is 0. The second-order valence-corrected chi connectivity index (χ2v) is 6.75. The number of hydrogen-bond acceptors (Lipinski definition) is 2. The van der Waals surface area contributed by atoms with Crippen LogP contribution in [0.3, 0.4) is 0 Å². The van der Waals surface area contributed by atoms with Gasteiger partial charge in [-0.2, -0.15) is 0 Å². The lowest BCUT2D eigenvalue weighted by atomic mass is 10.1. The molecule has 2 aromatic carbocycles. The number of piperazine rings is 1. The summed E-state index contributed by atoms with van der Waals surface area (Å²) < 4.78 is 0. The van der Waals surface area contributed by atoms with E-state index in [1.165, 1.54) is 11.1 Å². The average molecular weight is 349 g/mol. The highest BCUT2D eigenvalue weighted by Crippen LogP contribution is 2.06. The molecular weight excluding hydrogens is 322 g/mol. The lowest BCUT2D eigenvalue weighted by Crippen LogP contribution is -2.51. The molecule has 136 valence electrons. The van der Waals surface area contributed by atoms with Crippen LogP contribution in [0.2, 0.25) is 0 Å². The zero-order valence-corrected chi connectivity index (χ0v) is 15.4. The van der Waals surface area contributed by atoms with Gasteiger partial charge in [-0.15, -0.1) is 0 Å². The van der Waals surface area contributed by atoms with Gasteiger partial charge in [-0.3, -0.25) is 4.90 Å². The van der Waals surface area contributed by atoms with Gasteiger partial charge in [-0.1, -0.05) is 72.3 Å². The maximum Gasteiger partial charge on any atom is 0.317 e. The number of aryl methyl sites for hydroxylation is 1. The van der Waals surface area contributed by atoms with Crippen LogP contribution < -0.4 is 5.32 Å². The molecule has 2 aromatic rings. The summed E-state index contributed by atoms with van der Waals surface area (Å²) in [6.07, 6.45) is 4.35. The van der Waals surface area contributed by atoms with Crippen molar-refractivity contribution in [3.8, 4) is 0 Å². The van der Waals surface area contributed by atoms with Gasteiger partial charge in [0.15, 0.2) is 0 Å². The summed E-state index contributed by atoms with van der Waals surface area (Å²) in [5, 5.41) is 3.03. The maximum atomic E-state index is 12.3. The van der Waals surface area contributed by atoms with Crippen molar-refractivity contribution < 1.29 is 4.79 Å². The Morgan fingerprint density at radius 3 is 2.54 bits per heavy atom. The maximum absolute atomic E-state index is 12.3. The molecule has 2 amide bonds. The Labute approximate surface area is 156 Å². The first-order valence-corrected chi connectivity index (χ1v) is 9.23. The molecule has 0 spiro atoms. The Morgan fingerprint density at radius 2 is 1.81 bits per heavy atom. The predicted molar refractivity (Wildman–Crippen MR) is 107 cm³/mol. The Balaban J connectivity index is 1.39. The first-order chi connectivity index (χ1) is 12.7. The third-order valence-corrected chi connectivity index (χ3v) is 4.66. The van der Waals surface area contributed by atoms with Crippen molar-refractivity contribution in [3.05, 3.63) is 77.4 Å². The number of urea groups is 1. The molecule has 1 aliphatic rings. The van der Waals surface area contributed by atoms with Crippen LogP contribution >= 0.6 is 0 Å². The van der Waals surface area contributed by atoms with E-state index in [-0.39, 0.29) is 6.03 Å².